The van der Waals surface area contributed by atoms with Gasteiger partial charge in [-0.15, -0.1) is 0 Å². The number of hydrogen-bond donors (Lipinski definition) is 1. The molecule has 0 bridgehead atoms. The fraction of sp³-hybridized carbons (Fsp3) is 0.888. The molecule has 0 aromatic rings. The number of rotatable bonds is 82. The molecule has 5 heteroatoms. The van der Waals surface area contributed by atoms with Gasteiger partial charge < -0.3 is 14.6 Å². The van der Waals surface area contributed by atoms with E-state index in [-0.39, 0.29) is 25.2 Å². The quantitative estimate of drug-likeness (QED) is 0.0373. The third kappa shape index (κ3) is 82.3. The summed E-state index contributed by atoms with van der Waals surface area (Å²) >= 11 is 0. The van der Waals surface area contributed by atoms with E-state index in [4.69, 9.17) is 9.47 Å². The highest BCUT2D eigenvalue weighted by Crippen LogP contribution is 2.21. The molecule has 0 saturated carbocycles. The fourth-order valence-electron chi connectivity index (χ4n) is 13.7. The van der Waals surface area contributed by atoms with Crippen molar-refractivity contribution in [3.05, 3.63) is 48.6 Å². The number of carbonyl (C=O) groups excluding carboxylic acids is 2. The van der Waals surface area contributed by atoms with Crippen LogP contribution in [0, 0.1) is 0 Å². The topological polar surface area (TPSA) is 72.8 Å². The lowest BCUT2D eigenvalue weighted by molar-refractivity contribution is -0.161. The number of ether oxygens (including phenoxy) is 2. The van der Waals surface area contributed by atoms with Crippen LogP contribution in [0.15, 0.2) is 48.6 Å². The Bertz CT molecular complexity index is 1550. The molecule has 94 heavy (non-hydrogen) atoms. The Morgan fingerprint density at radius 3 is 0.691 bits per heavy atom. The van der Waals surface area contributed by atoms with Crippen LogP contribution in [0.25, 0.3) is 0 Å². The van der Waals surface area contributed by atoms with Gasteiger partial charge in [-0.25, -0.2) is 0 Å². The van der Waals surface area contributed by atoms with Crippen LogP contribution in [0.3, 0.4) is 0 Å². The van der Waals surface area contributed by atoms with Crippen LogP contribution < -0.4 is 0 Å². The Balaban J connectivity index is 3.33. The summed E-state index contributed by atoms with van der Waals surface area (Å²) in [4.78, 5) is 24.8. The van der Waals surface area contributed by atoms with Gasteiger partial charge in [-0.05, 0) is 51.4 Å². The Kier molecular flexibility index (Phi) is 83.1. The van der Waals surface area contributed by atoms with Crippen LogP contribution in [0.4, 0.5) is 0 Å². The largest absolute Gasteiger partial charge is 0.462 e. The molecule has 0 aliphatic rings. The molecule has 0 heterocycles. The van der Waals surface area contributed by atoms with E-state index in [1.54, 1.807) is 0 Å². The van der Waals surface area contributed by atoms with Gasteiger partial charge >= 0.3 is 11.9 Å². The molecule has 0 aromatic heterocycles. The smallest absolute Gasteiger partial charge is 0.306 e. The van der Waals surface area contributed by atoms with Crippen LogP contribution in [0.5, 0.6) is 0 Å². The van der Waals surface area contributed by atoms with E-state index >= 15 is 0 Å². The summed E-state index contributed by atoms with van der Waals surface area (Å²) in [6, 6.07) is 0. The molecule has 554 valence electrons. The second-order valence-electron chi connectivity index (χ2n) is 29.6. The van der Waals surface area contributed by atoms with E-state index < -0.39 is 6.10 Å². The van der Waals surface area contributed by atoms with Crippen LogP contribution >= 0.6 is 0 Å². The van der Waals surface area contributed by atoms with E-state index in [2.05, 4.69) is 62.5 Å². The molecule has 0 radical (unpaired) electrons. The number of allylic oxidation sites excluding steroid dienone is 8. The van der Waals surface area contributed by atoms with Gasteiger partial charge in [-0.2, -0.15) is 0 Å². The summed E-state index contributed by atoms with van der Waals surface area (Å²) in [6.45, 7) is 4.11. The third-order valence-electron chi connectivity index (χ3n) is 20.1. The van der Waals surface area contributed by atoms with Crippen molar-refractivity contribution >= 4 is 11.9 Å². The first-order chi connectivity index (χ1) is 46.6. The van der Waals surface area contributed by atoms with Crippen LogP contribution in [-0.4, -0.2) is 36.4 Å². The van der Waals surface area contributed by atoms with E-state index in [0.29, 0.717) is 12.8 Å². The first-order valence-corrected chi connectivity index (χ1v) is 43.2. The summed E-state index contributed by atoms with van der Waals surface area (Å²) in [5.41, 5.74) is 0. The minimum atomic E-state index is -0.770. The third-order valence-corrected chi connectivity index (χ3v) is 20.1. The zero-order chi connectivity index (χ0) is 67.5. The molecule has 0 aliphatic carbocycles. The first-order valence-electron chi connectivity index (χ1n) is 43.2. The second kappa shape index (κ2) is 85.1. The lowest BCUT2D eigenvalue weighted by Gasteiger charge is -2.15. The average Bonchev–Trinajstić information content (AvgIpc) is 3.77. The molecular formula is C89H168O5. The van der Waals surface area contributed by atoms with Crippen molar-refractivity contribution in [1.29, 1.82) is 0 Å². The summed E-state index contributed by atoms with van der Waals surface area (Å²) in [5, 5.41) is 9.74. The SMILES string of the molecule is CC/C=C\C/C=C\C/C=C\C/C=C\CCCCCCCCCCCCCCCCCCCCCCCCCCCCCCC(=O)OC(CO)COC(=O)CCCCCCCCCCCCCCCCCCCCCCCCCCCCCCCCCCCCCCCCC. The van der Waals surface area contributed by atoms with E-state index in [9.17, 15) is 14.7 Å². The van der Waals surface area contributed by atoms with Crippen molar-refractivity contribution in [2.75, 3.05) is 13.2 Å². The summed E-state index contributed by atoms with van der Waals surface area (Å²) in [5.74, 6) is -0.559. The molecule has 0 rings (SSSR count). The lowest BCUT2D eigenvalue weighted by atomic mass is 10.0. The lowest BCUT2D eigenvalue weighted by Crippen LogP contribution is -2.28. The highest BCUT2D eigenvalue weighted by molar-refractivity contribution is 5.70. The standard InChI is InChI=1S/C89H168O5/c1-3-5-7-9-11-13-15-17-19-21-23-25-27-29-31-33-35-37-39-41-43-44-46-48-50-52-54-56-58-60-62-64-66-68-70-72-74-76-78-80-82-84-89(92)94-87(85-90)86-93-88(91)83-81-79-77-75-73-71-69-67-65-63-61-59-57-55-53-51-49-47-45-42-40-38-36-34-32-30-28-26-24-22-20-18-16-14-12-10-8-6-4-2/h5,7,11,13,17,19,23,25,87,90H,3-4,6,8-10,12,14-16,18,20-22,24,26-86H2,1-2H3/b7-5-,13-11-,19-17-,25-23-. The van der Waals surface area contributed by atoms with E-state index in [1.165, 1.54) is 405 Å². The maximum absolute atomic E-state index is 12.4. The summed E-state index contributed by atoms with van der Waals surface area (Å²) < 4.78 is 10.8. The molecule has 0 amide bonds. The number of hydrogen-bond acceptors (Lipinski definition) is 5. The first kappa shape index (κ1) is 91.9. The molecule has 1 N–H and O–H groups in total. The molecular weight excluding hydrogens is 1150 g/mol. The van der Waals surface area contributed by atoms with Crippen molar-refractivity contribution < 1.29 is 24.2 Å². The Morgan fingerprint density at radius 2 is 0.457 bits per heavy atom. The highest BCUT2D eigenvalue weighted by atomic mass is 16.6. The molecule has 0 fully saturated rings. The van der Waals surface area contributed by atoms with Crippen LogP contribution in [0.1, 0.15) is 489 Å². The number of aliphatic hydroxyl groups is 1. The van der Waals surface area contributed by atoms with Crippen LogP contribution in [0.2, 0.25) is 0 Å². The molecule has 5 nitrogen and oxygen atoms in total. The molecule has 0 aromatic carbocycles. The molecule has 1 unspecified atom stereocenters. The Hall–Kier alpha value is -2.14. The minimum Gasteiger partial charge on any atom is -0.462 e. The van der Waals surface area contributed by atoms with Gasteiger partial charge in [0.15, 0.2) is 6.10 Å². The van der Waals surface area contributed by atoms with Crippen molar-refractivity contribution in [3.8, 4) is 0 Å². The molecule has 1 atom stereocenters. The average molecular weight is 1320 g/mol. The van der Waals surface area contributed by atoms with Crippen molar-refractivity contribution in [3.63, 3.8) is 0 Å². The monoisotopic (exact) mass is 1320 g/mol. The highest BCUT2D eigenvalue weighted by Gasteiger charge is 2.16. The predicted molar refractivity (Wildman–Crippen MR) is 417 cm³/mol. The van der Waals surface area contributed by atoms with Gasteiger partial charge in [0.25, 0.3) is 0 Å². The number of carbonyl (C=O) groups is 2. The zero-order valence-electron chi connectivity index (χ0n) is 64.0. The maximum atomic E-state index is 12.4. The van der Waals surface area contributed by atoms with E-state index in [0.717, 1.165) is 57.8 Å². The van der Waals surface area contributed by atoms with Gasteiger partial charge in [-0.3, -0.25) is 9.59 Å². The predicted octanol–water partition coefficient (Wildman–Crippen LogP) is 30.6. The number of aliphatic hydroxyl groups excluding tert-OH is 1. The van der Waals surface area contributed by atoms with Gasteiger partial charge in [0.2, 0.25) is 0 Å². The van der Waals surface area contributed by atoms with Crippen LogP contribution in [-0.2, 0) is 19.1 Å². The number of esters is 2. The van der Waals surface area contributed by atoms with Gasteiger partial charge in [0, 0.05) is 12.8 Å². The normalized spacial score (nSPS) is 12.3. The van der Waals surface area contributed by atoms with Crippen molar-refractivity contribution in [2.24, 2.45) is 0 Å². The molecule has 0 aliphatic heterocycles. The molecule has 0 saturated heterocycles. The van der Waals surface area contributed by atoms with Crippen molar-refractivity contribution in [1.82, 2.24) is 0 Å². The fourth-order valence-corrected chi connectivity index (χ4v) is 13.7. The Labute approximate surface area is 589 Å². The van der Waals surface area contributed by atoms with Gasteiger partial charge in [0.1, 0.15) is 6.61 Å². The van der Waals surface area contributed by atoms with Crippen molar-refractivity contribution in [2.45, 2.75) is 495 Å². The molecule has 0 spiro atoms. The zero-order valence-corrected chi connectivity index (χ0v) is 64.0. The van der Waals surface area contributed by atoms with E-state index in [1.807, 2.05) is 0 Å². The summed E-state index contributed by atoms with van der Waals surface area (Å²) in [6.07, 6.45) is 117. The van der Waals surface area contributed by atoms with Gasteiger partial charge in [-0.1, -0.05) is 473 Å². The number of unbranched alkanes of at least 4 members (excludes halogenated alkanes) is 66. The Morgan fingerprint density at radius 1 is 0.255 bits per heavy atom. The summed E-state index contributed by atoms with van der Waals surface area (Å²) in [7, 11) is 0. The maximum Gasteiger partial charge on any atom is 0.306 e. The second-order valence-corrected chi connectivity index (χ2v) is 29.6. The van der Waals surface area contributed by atoms with Gasteiger partial charge in [0.05, 0.1) is 6.61 Å². The minimum absolute atomic E-state index is 0.0575.